The van der Waals surface area contributed by atoms with Crippen LogP contribution < -0.4 is 9.47 Å². The third kappa shape index (κ3) is 5.08. The molecule has 4 aromatic rings. The predicted molar refractivity (Wildman–Crippen MR) is 144 cm³/mol. The summed E-state index contributed by atoms with van der Waals surface area (Å²) >= 11 is 0. The Bertz CT molecular complexity index is 1510. The van der Waals surface area contributed by atoms with E-state index < -0.39 is 17.8 Å². The zero-order valence-corrected chi connectivity index (χ0v) is 22.7. The van der Waals surface area contributed by atoms with Gasteiger partial charge in [-0.3, -0.25) is 9.69 Å². The highest BCUT2D eigenvalue weighted by atomic mass is 19.4. The number of aromatic nitrogens is 3. The van der Waals surface area contributed by atoms with E-state index >= 15 is 0 Å². The SMILES string of the molecule is COc1ccc(-c2nc3c(C(=O)N4CCN([C@H](C)c5ccc(OC)cc5)CC4)cnn3c(C(F)(F)F)c2C)cc1. The second-order valence-corrected chi connectivity index (χ2v) is 9.73. The maximum Gasteiger partial charge on any atom is 0.433 e. The summed E-state index contributed by atoms with van der Waals surface area (Å²) in [4.78, 5) is 22.0. The molecule has 40 heavy (non-hydrogen) atoms. The molecule has 2 aromatic carbocycles. The van der Waals surface area contributed by atoms with Crippen molar-refractivity contribution in [3.8, 4) is 22.8 Å². The van der Waals surface area contributed by atoms with Gasteiger partial charge in [0.2, 0.25) is 0 Å². The van der Waals surface area contributed by atoms with Crippen LogP contribution in [0.15, 0.2) is 54.7 Å². The number of ether oxygens (including phenoxy) is 2. The minimum atomic E-state index is -4.71. The van der Waals surface area contributed by atoms with Crippen molar-refractivity contribution >= 4 is 11.6 Å². The van der Waals surface area contributed by atoms with Gasteiger partial charge in [-0.2, -0.15) is 18.3 Å². The van der Waals surface area contributed by atoms with Crippen LogP contribution in [-0.4, -0.2) is 70.7 Å². The second kappa shape index (κ2) is 10.8. The molecule has 1 saturated heterocycles. The van der Waals surface area contributed by atoms with Crippen LogP contribution in [0.1, 0.15) is 40.1 Å². The quantitative estimate of drug-likeness (QED) is 0.325. The van der Waals surface area contributed by atoms with E-state index in [4.69, 9.17) is 9.47 Å². The lowest BCUT2D eigenvalue weighted by molar-refractivity contribution is -0.143. The molecule has 11 heteroatoms. The number of piperazine rings is 1. The molecule has 0 unspecified atom stereocenters. The largest absolute Gasteiger partial charge is 0.497 e. The number of benzene rings is 2. The molecule has 0 N–H and O–H groups in total. The monoisotopic (exact) mass is 553 g/mol. The zero-order valence-electron chi connectivity index (χ0n) is 22.7. The van der Waals surface area contributed by atoms with E-state index in [1.165, 1.54) is 20.2 Å². The Morgan fingerprint density at radius 1 is 0.925 bits per heavy atom. The molecule has 1 amide bonds. The van der Waals surface area contributed by atoms with Crippen molar-refractivity contribution in [3.63, 3.8) is 0 Å². The van der Waals surface area contributed by atoms with Crippen LogP contribution in [0, 0.1) is 6.92 Å². The molecule has 1 aliphatic rings. The molecule has 8 nitrogen and oxygen atoms in total. The molecule has 2 aromatic heterocycles. The topological polar surface area (TPSA) is 72.2 Å². The van der Waals surface area contributed by atoms with Crippen LogP contribution >= 0.6 is 0 Å². The first-order valence-corrected chi connectivity index (χ1v) is 12.9. The smallest absolute Gasteiger partial charge is 0.433 e. The Hall–Kier alpha value is -4.12. The Labute approximate surface area is 229 Å². The molecular formula is C29H30F3N5O3. The third-order valence-electron chi connectivity index (χ3n) is 7.49. The van der Waals surface area contributed by atoms with Crippen LogP contribution in [-0.2, 0) is 6.18 Å². The minimum Gasteiger partial charge on any atom is -0.497 e. The lowest BCUT2D eigenvalue weighted by Crippen LogP contribution is -2.49. The van der Waals surface area contributed by atoms with E-state index in [2.05, 4.69) is 21.9 Å². The van der Waals surface area contributed by atoms with Crippen molar-refractivity contribution in [2.45, 2.75) is 26.1 Å². The van der Waals surface area contributed by atoms with E-state index in [9.17, 15) is 18.0 Å². The highest BCUT2D eigenvalue weighted by molar-refractivity contribution is 6.00. The number of alkyl halides is 3. The molecule has 5 rings (SSSR count). The van der Waals surface area contributed by atoms with Gasteiger partial charge in [0.05, 0.1) is 26.1 Å². The summed E-state index contributed by atoms with van der Waals surface area (Å²) in [6.45, 7) is 5.57. The standard InChI is InChI=1S/C29H30F3N5O3/c1-18-25(21-7-11-23(40-4)12-8-21)34-27-24(17-33-37(27)26(18)29(30,31)32)28(38)36-15-13-35(14-16-36)19(2)20-5-9-22(39-3)10-6-20/h5-12,17,19H,13-16H2,1-4H3/t19-/m1/s1. The first kappa shape index (κ1) is 27.4. The molecular weight excluding hydrogens is 523 g/mol. The number of carbonyl (C=O) groups excluding carboxylic acids is 1. The first-order valence-electron chi connectivity index (χ1n) is 12.9. The van der Waals surface area contributed by atoms with Crippen molar-refractivity contribution in [3.05, 3.63) is 77.1 Å². The Balaban J connectivity index is 1.42. The maximum atomic E-state index is 14.2. The molecule has 0 aliphatic carbocycles. The van der Waals surface area contributed by atoms with E-state index in [0.29, 0.717) is 37.5 Å². The van der Waals surface area contributed by atoms with Crippen LogP contribution in [0.25, 0.3) is 16.9 Å². The lowest BCUT2D eigenvalue weighted by atomic mass is 10.0. The molecule has 1 fully saturated rings. The van der Waals surface area contributed by atoms with Gasteiger partial charge in [-0.05, 0) is 55.8 Å². The van der Waals surface area contributed by atoms with Crippen molar-refractivity contribution in [1.82, 2.24) is 24.4 Å². The maximum absolute atomic E-state index is 14.2. The molecule has 0 radical (unpaired) electrons. The van der Waals surface area contributed by atoms with Gasteiger partial charge in [-0.15, -0.1) is 0 Å². The van der Waals surface area contributed by atoms with Gasteiger partial charge in [-0.1, -0.05) is 12.1 Å². The average molecular weight is 554 g/mol. The van der Waals surface area contributed by atoms with Gasteiger partial charge in [0.25, 0.3) is 5.91 Å². The highest BCUT2D eigenvalue weighted by Gasteiger charge is 2.39. The normalized spacial score (nSPS) is 15.3. The van der Waals surface area contributed by atoms with Crippen LogP contribution in [0.4, 0.5) is 13.2 Å². The Morgan fingerprint density at radius 3 is 2.05 bits per heavy atom. The third-order valence-corrected chi connectivity index (χ3v) is 7.49. The number of fused-ring (bicyclic) bond motifs is 1. The molecule has 0 spiro atoms. The fourth-order valence-corrected chi connectivity index (χ4v) is 5.16. The number of halogens is 3. The van der Waals surface area contributed by atoms with Crippen molar-refractivity contribution in [1.29, 1.82) is 0 Å². The van der Waals surface area contributed by atoms with E-state index in [-0.39, 0.29) is 28.5 Å². The molecule has 1 aliphatic heterocycles. The molecule has 0 saturated carbocycles. The summed E-state index contributed by atoms with van der Waals surface area (Å²) in [6, 6.07) is 14.6. The van der Waals surface area contributed by atoms with Gasteiger partial charge in [0.1, 0.15) is 17.1 Å². The van der Waals surface area contributed by atoms with Gasteiger partial charge < -0.3 is 14.4 Å². The number of methoxy groups -OCH3 is 2. The highest BCUT2D eigenvalue weighted by Crippen LogP contribution is 2.37. The number of amides is 1. The zero-order chi connectivity index (χ0) is 28.6. The summed E-state index contributed by atoms with van der Waals surface area (Å²) in [5.41, 5.74) is 0.629. The first-order chi connectivity index (χ1) is 19.1. The summed E-state index contributed by atoms with van der Waals surface area (Å²) in [6.07, 6.45) is -3.52. The van der Waals surface area contributed by atoms with Crippen LogP contribution in [0.2, 0.25) is 0 Å². The van der Waals surface area contributed by atoms with Gasteiger partial charge in [0.15, 0.2) is 11.3 Å². The summed E-state index contributed by atoms with van der Waals surface area (Å²) < 4.78 is 53.9. The van der Waals surface area contributed by atoms with Crippen LogP contribution in [0.3, 0.4) is 0 Å². The van der Waals surface area contributed by atoms with E-state index in [0.717, 1.165) is 15.8 Å². The van der Waals surface area contributed by atoms with Crippen molar-refractivity contribution in [2.75, 3.05) is 40.4 Å². The van der Waals surface area contributed by atoms with Gasteiger partial charge in [-0.25, -0.2) is 9.50 Å². The summed E-state index contributed by atoms with van der Waals surface area (Å²) in [5.74, 6) is 0.962. The Kier molecular flexibility index (Phi) is 7.41. The summed E-state index contributed by atoms with van der Waals surface area (Å²) in [5, 5.41) is 3.97. The molecule has 1 atom stereocenters. The van der Waals surface area contributed by atoms with E-state index in [1.807, 2.05) is 24.3 Å². The fourth-order valence-electron chi connectivity index (χ4n) is 5.16. The predicted octanol–water partition coefficient (Wildman–Crippen LogP) is 5.26. The minimum absolute atomic E-state index is 0.0388. The number of hydrogen-bond acceptors (Lipinski definition) is 6. The van der Waals surface area contributed by atoms with Gasteiger partial charge in [0, 0.05) is 43.3 Å². The average Bonchev–Trinajstić information content (AvgIpc) is 3.38. The van der Waals surface area contributed by atoms with E-state index in [1.54, 1.807) is 36.3 Å². The van der Waals surface area contributed by atoms with Crippen molar-refractivity contribution in [2.24, 2.45) is 0 Å². The van der Waals surface area contributed by atoms with Crippen molar-refractivity contribution < 1.29 is 27.4 Å². The summed E-state index contributed by atoms with van der Waals surface area (Å²) in [7, 11) is 3.13. The Morgan fingerprint density at radius 2 is 1.50 bits per heavy atom. The number of hydrogen-bond donors (Lipinski definition) is 0. The number of nitrogens with zero attached hydrogens (tertiary/aromatic N) is 5. The molecule has 210 valence electrons. The van der Waals surface area contributed by atoms with Gasteiger partial charge >= 0.3 is 6.18 Å². The number of rotatable bonds is 6. The molecule has 3 heterocycles. The molecule has 0 bridgehead atoms. The lowest BCUT2D eigenvalue weighted by Gasteiger charge is -2.38. The number of carbonyl (C=O) groups is 1. The fraction of sp³-hybridized carbons (Fsp3) is 0.345. The second-order valence-electron chi connectivity index (χ2n) is 9.73. The van der Waals surface area contributed by atoms with Crippen LogP contribution in [0.5, 0.6) is 11.5 Å².